The normalized spacial score (nSPS) is 9.50. The van der Waals surface area contributed by atoms with E-state index >= 15 is 0 Å². The molecule has 136 valence electrons. The molecular formula is C15H24Cl3N5O. The molecule has 0 radical (unpaired) electrons. The number of nitrogens with one attached hydrogen (secondary N) is 1. The Morgan fingerprint density at radius 3 is 2.50 bits per heavy atom. The van der Waals surface area contributed by atoms with Crippen LogP contribution in [0.5, 0.6) is 0 Å². The number of nitrogens with zero attached hydrogens (tertiary/aromatic N) is 3. The molecule has 2 aromatic rings. The molecule has 0 bridgehead atoms. The fourth-order valence-electron chi connectivity index (χ4n) is 1.95. The van der Waals surface area contributed by atoms with Crippen molar-refractivity contribution in [3.05, 3.63) is 47.8 Å². The molecule has 0 spiro atoms. The topological polar surface area (TPSA) is 76.2 Å². The summed E-state index contributed by atoms with van der Waals surface area (Å²) in [4.78, 5) is 14.3. The highest BCUT2D eigenvalue weighted by atomic mass is 35.5. The van der Waals surface area contributed by atoms with Gasteiger partial charge in [0.25, 0.3) is 5.91 Å². The predicted octanol–water partition coefficient (Wildman–Crippen LogP) is 1.89. The molecule has 3 N–H and O–H groups in total. The minimum absolute atomic E-state index is 0. The van der Waals surface area contributed by atoms with Crippen LogP contribution in [0.2, 0.25) is 0 Å². The molecule has 1 aromatic carbocycles. The van der Waals surface area contributed by atoms with Gasteiger partial charge in [0.15, 0.2) is 0 Å². The SMILES string of the molecule is CN(C)CCNC(=O)c1ccccc1-n1cc(CN)cn1.Cl.Cl.Cl. The van der Waals surface area contributed by atoms with Gasteiger partial charge in [-0.15, -0.1) is 37.2 Å². The standard InChI is InChI=1S/C15H21N5O.3ClH/c1-19(2)8-7-17-15(21)13-5-3-4-6-14(13)20-11-12(9-16)10-18-20;;;/h3-6,10-11H,7-9,16H2,1-2H3,(H,17,21);3*1H. The summed E-state index contributed by atoms with van der Waals surface area (Å²) in [5.74, 6) is -0.0998. The zero-order valence-corrected chi connectivity index (χ0v) is 16.1. The van der Waals surface area contributed by atoms with Crippen LogP contribution in [0, 0.1) is 0 Å². The third-order valence-electron chi connectivity index (χ3n) is 3.11. The zero-order valence-electron chi connectivity index (χ0n) is 13.6. The maximum Gasteiger partial charge on any atom is 0.253 e. The molecule has 0 atom stereocenters. The van der Waals surface area contributed by atoms with Crippen LogP contribution >= 0.6 is 37.2 Å². The first-order valence-corrected chi connectivity index (χ1v) is 6.87. The van der Waals surface area contributed by atoms with Crippen LogP contribution in [0.15, 0.2) is 36.7 Å². The lowest BCUT2D eigenvalue weighted by Crippen LogP contribution is -2.31. The third kappa shape index (κ3) is 6.67. The van der Waals surface area contributed by atoms with Crippen molar-refractivity contribution in [2.24, 2.45) is 5.73 Å². The Bertz CT molecular complexity index is 619. The number of carbonyl (C=O) groups is 1. The molecule has 1 aromatic heterocycles. The highest BCUT2D eigenvalue weighted by molar-refractivity contribution is 5.97. The fourth-order valence-corrected chi connectivity index (χ4v) is 1.95. The predicted molar refractivity (Wildman–Crippen MR) is 104 cm³/mol. The molecule has 0 fully saturated rings. The highest BCUT2D eigenvalue weighted by Crippen LogP contribution is 2.14. The Balaban J connectivity index is 0. The lowest BCUT2D eigenvalue weighted by atomic mass is 10.1. The van der Waals surface area contributed by atoms with Crippen molar-refractivity contribution in [1.29, 1.82) is 0 Å². The first-order chi connectivity index (χ1) is 10.1. The van der Waals surface area contributed by atoms with Gasteiger partial charge in [-0.3, -0.25) is 4.79 Å². The van der Waals surface area contributed by atoms with E-state index in [0.717, 1.165) is 17.8 Å². The van der Waals surface area contributed by atoms with Gasteiger partial charge in [0.05, 0.1) is 17.4 Å². The van der Waals surface area contributed by atoms with Crippen molar-refractivity contribution in [3.8, 4) is 5.69 Å². The minimum atomic E-state index is -0.0998. The molecule has 0 saturated carbocycles. The Labute approximate surface area is 161 Å². The third-order valence-corrected chi connectivity index (χ3v) is 3.11. The summed E-state index contributed by atoms with van der Waals surface area (Å²) in [6.45, 7) is 1.83. The second-order valence-corrected chi connectivity index (χ2v) is 5.07. The van der Waals surface area contributed by atoms with Gasteiger partial charge >= 0.3 is 0 Å². The molecule has 1 amide bonds. The van der Waals surface area contributed by atoms with E-state index < -0.39 is 0 Å². The van der Waals surface area contributed by atoms with E-state index in [0.29, 0.717) is 18.7 Å². The Morgan fingerprint density at radius 2 is 1.92 bits per heavy atom. The summed E-state index contributed by atoms with van der Waals surface area (Å²) in [6.07, 6.45) is 3.55. The number of benzene rings is 1. The summed E-state index contributed by atoms with van der Waals surface area (Å²) in [7, 11) is 3.94. The lowest BCUT2D eigenvalue weighted by Gasteiger charge is -2.12. The first-order valence-electron chi connectivity index (χ1n) is 6.87. The summed E-state index contributed by atoms with van der Waals surface area (Å²) in [5, 5.41) is 7.17. The fraction of sp³-hybridized carbons (Fsp3) is 0.333. The van der Waals surface area contributed by atoms with Gasteiger partial charge in [0.2, 0.25) is 0 Å². The second kappa shape index (κ2) is 12.1. The smallest absolute Gasteiger partial charge is 0.253 e. The summed E-state index contributed by atoms with van der Waals surface area (Å²) < 4.78 is 1.68. The van der Waals surface area contributed by atoms with Crippen molar-refractivity contribution in [3.63, 3.8) is 0 Å². The number of amides is 1. The molecule has 0 aliphatic carbocycles. The van der Waals surface area contributed by atoms with Gasteiger partial charge in [-0.1, -0.05) is 12.1 Å². The number of halogens is 3. The maximum atomic E-state index is 12.3. The molecule has 0 aliphatic rings. The summed E-state index contributed by atoms with van der Waals surface area (Å²) >= 11 is 0. The van der Waals surface area contributed by atoms with Crippen LogP contribution in [0.1, 0.15) is 15.9 Å². The van der Waals surface area contributed by atoms with Gasteiger partial charge in [-0.25, -0.2) is 4.68 Å². The molecule has 1 heterocycles. The number of rotatable bonds is 6. The zero-order chi connectivity index (χ0) is 15.2. The molecule has 2 rings (SSSR count). The van der Waals surface area contributed by atoms with Crippen LogP contribution in [0.3, 0.4) is 0 Å². The largest absolute Gasteiger partial charge is 0.351 e. The van der Waals surface area contributed by atoms with Crippen molar-refractivity contribution in [2.45, 2.75) is 6.54 Å². The quantitative estimate of drug-likeness (QED) is 0.782. The highest BCUT2D eigenvalue weighted by Gasteiger charge is 2.12. The Kier molecular flexibility index (Phi) is 12.6. The van der Waals surface area contributed by atoms with E-state index in [1.807, 2.05) is 43.4 Å². The number of nitrogens with two attached hydrogens (primary N) is 1. The van der Waals surface area contributed by atoms with E-state index in [9.17, 15) is 4.79 Å². The van der Waals surface area contributed by atoms with Crippen LogP contribution < -0.4 is 11.1 Å². The van der Waals surface area contributed by atoms with Crippen molar-refractivity contribution in [1.82, 2.24) is 20.0 Å². The van der Waals surface area contributed by atoms with Gasteiger partial charge in [0.1, 0.15) is 0 Å². The number of hydrogen-bond donors (Lipinski definition) is 2. The Hall–Kier alpha value is -1.31. The van der Waals surface area contributed by atoms with E-state index in [2.05, 4.69) is 10.4 Å². The number of para-hydroxylation sites is 1. The van der Waals surface area contributed by atoms with Gasteiger partial charge in [-0.05, 0) is 26.2 Å². The maximum absolute atomic E-state index is 12.3. The number of hydrogen-bond acceptors (Lipinski definition) is 4. The monoisotopic (exact) mass is 395 g/mol. The molecular weight excluding hydrogens is 373 g/mol. The Morgan fingerprint density at radius 1 is 1.25 bits per heavy atom. The lowest BCUT2D eigenvalue weighted by molar-refractivity contribution is 0.0951. The van der Waals surface area contributed by atoms with Crippen molar-refractivity contribution >= 4 is 43.1 Å². The molecule has 6 nitrogen and oxygen atoms in total. The number of carbonyl (C=O) groups excluding carboxylic acids is 1. The number of likely N-dealkylation sites (N-methyl/N-ethyl adjacent to an activating group) is 1. The van der Waals surface area contributed by atoms with E-state index in [1.165, 1.54) is 0 Å². The van der Waals surface area contributed by atoms with Gasteiger partial charge in [0, 0.05) is 31.4 Å². The van der Waals surface area contributed by atoms with Gasteiger partial charge in [-0.2, -0.15) is 5.10 Å². The van der Waals surface area contributed by atoms with Crippen molar-refractivity contribution < 1.29 is 4.79 Å². The summed E-state index contributed by atoms with van der Waals surface area (Å²) in [5.41, 5.74) is 7.87. The number of aromatic nitrogens is 2. The molecule has 0 unspecified atom stereocenters. The summed E-state index contributed by atoms with van der Waals surface area (Å²) in [6, 6.07) is 7.39. The average molecular weight is 397 g/mol. The van der Waals surface area contributed by atoms with Crippen molar-refractivity contribution in [2.75, 3.05) is 27.2 Å². The van der Waals surface area contributed by atoms with E-state index in [1.54, 1.807) is 16.9 Å². The first kappa shape index (κ1) is 24.9. The molecule has 9 heteroatoms. The van der Waals surface area contributed by atoms with E-state index in [-0.39, 0.29) is 43.1 Å². The van der Waals surface area contributed by atoms with Crippen LogP contribution in [0.4, 0.5) is 0 Å². The second-order valence-electron chi connectivity index (χ2n) is 5.07. The van der Waals surface area contributed by atoms with Crippen LogP contribution in [-0.2, 0) is 6.54 Å². The van der Waals surface area contributed by atoms with Crippen LogP contribution in [-0.4, -0.2) is 47.8 Å². The van der Waals surface area contributed by atoms with Gasteiger partial charge < -0.3 is 16.0 Å². The molecule has 0 aliphatic heterocycles. The molecule has 0 saturated heterocycles. The van der Waals surface area contributed by atoms with Crippen LogP contribution in [0.25, 0.3) is 5.69 Å². The molecule has 24 heavy (non-hydrogen) atoms. The average Bonchev–Trinajstić information content (AvgIpc) is 2.95. The minimum Gasteiger partial charge on any atom is -0.351 e. The van der Waals surface area contributed by atoms with E-state index in [4.69, 9.17) is 5.73 Å².